The Balaban J connectivity index is 1.31. The van der Waals surface area contributed by atoms with E-state index in [0.717, 1.165) is 43.7 Å². The highest BCUT2D eigenvalue weighted by atomic mass is 19.1. The topological polar surface area (TPSA) is 59.5 Å². The molecule has 138 valence electrons. The first-order chi connectivity index (χ1) is 12.7. The van der Waals surface area contributed by atoms with Crippen molar-refractivity contribution in [3.05, 3.63) is 47.9 Å². The lowest BCUT2D eigenvalue weighted by molar-refractivity contribution is -0.169. The predicted molar refractivity (Wildman–Crippen MR) is 96.7 cm³/mol. The van der Waals surface area contributed by atoms with E-state index in [9.17, 15) is 4.39 Å². The highest BCUT2D eigenvalue weighted by molar-refractivity contribution is 5.43. The van der Waals surface area contributed by atoms with Crippen molar-refractivity contribution in [1.29, 1.82) is 0 Å². The van der Waals surface area contributed by atoms with Crippen LogP contribution >= 0.6 is 0 Å². The number of aromatic nitrogens is 2. The second-order valence-corrected chi connectivity index (χ2v) is 6.64. The lowest BCUT2D eigenvalue weighted by Gasteiger charge is -2.38. The van der Waals surface area contributed by atoms with Gasteiger partial charge in [-0.2, -0.15) is 4.98 Å². The molecular formula is C19H23FN4O2. The van der Waals surface area contributed by atoms with Crippen molar-refractivity contribution in [3.8, 4) is 0 Å². The number of piperidine rings is 1. The van der Waals surface area contributed by atoms with E-state index in [1.54, 1.807) is 18.3 Å². The minimum atomic E-state index is -0.375. The number of anilines is 2. The molecule has 0 aliphatic carbocycles. The van der Waals surface area contributed by atoms with Crippen LogP contribution in [0, 0.1) is 5.82 Å². The van der Waals surface area contributed by atoms with Gasteiger partial charge in [-0.3, -0.25) is 0 Å². The van der Waals surface area contributed by atoms with Gasteiger partial charge in [0, 0.05) is 38.7 Å². The van der Waals surface area contributed by atoms with Crippen molar-refractivity contribution >= 4 is 11.8 Å². The molecule has 3 heterocycles. The molecule has 1 aromatic heterocycles. The van der Waals surface area contributed by atoms with Crippen LogP contribution in [0.2, 0.25) is 0 Å². The van der Waals surface area contributed by atoms with Crippen LogP contribution < -0.4 is 10.2 Å². The maximum absolute atomic E-state index is 12.9. The van der Waals surface area contributed by atoms with Crippen LogP contribution in [0.25, 0.3) is 0 Å². The summed E-state index contributed by atoms with van der Waals surface area (Å²) in [6.07, 6.45) is 4.26. The summed E-state index contributed by atoms with van der Waals surface area (Å²) in [4.78, 5) is 11.2. The molecule has 6 nitrogen and oxygen atoms in total. The number of nitrogens with one attached hydrogen (secondary N) is 1. The van der Waals surface area contributed by atoms with Crippen molar-refractivity contribution in [3.63, 3.8) is 0 Å². The highest BCUT2D eigenvalue weighted by Crippen LogP contribution is 2.32. The average molecular weight is 358 g/mol. The van der Waals surface area contributed by atoms with Crippen LogP contribution in [0.3, 0.4) is 0 Å². The lowest BCUT2D eigenvalue weighted by atomic mass is 10.0. The van der Waals surface area contributed by atoms with Crippen molar-refractivity contribution < 1.29 is 13.9 Å². The van der Waals surface area contributed by atoms with Crippen molar-refractivity contribution in [2.24, 2.45) is 0 Å². The van der Waals surface area contributed by atoms with E-state index in [4.69, 9.17) is 9.47 Å². The van der Waals surface area contributed by atoms with Crippen LogP contribution in [0.5, 0.6) is 0 Å². The lowest BCUT2D eigenvalue weighted by Crippen LogP contribution is -2.45. The van der Waals surface area contributed by atoms with Gasteiger partial charge in [-0.15, -0.1) is 0 Å². The Kier molecular flexibility index (Phi) is 4.99. The van der Waals surface area contributed by atoms with Crippen LogP contribution in [0.15, 0.2) is 36.5 Å². The van der Waals surface area contributed by atoms with Gasteiger partial charge < -0.3 is 19.7 Å². The molecule has 0 amide bonds. The van der Waals surface area contributed by atoms with Gasteiger partial charge in [0.05, 0.1) is 13.2 Å². The van der Waals surface area contributed by atoms with Crippen LogP contribution in [-0.2, 0) is 15.9 Å². The SMILES string of the molecule is Fc1ccc(CCNc2nccc(N3CCC4(CC3)OCCO4)n2)cc1. The van der Waals surface area contributed by atoms with Gasteiger partial charge in [-0.25, -0.2) is 9.37 Å². The first-order valence-corrected chi connectivity index (χ1v) is 9.07. The van der Waals surface area contributed by atoms with E-state index in [-0.39, 0.29) is 11.6 Å². The molecule has 4 rings (SSSR count). The number of nitrogens with zero attached hydrogens (tertiary/aromatic N) is 3. The first-order valence-electron chi connectivity index (χ1n) is 9.07. The van der Waals surface area contributed by atoms with E-state index in [1.165, 1.54) is 12.1 Å². The van der Waals surface area contributed by atoms with Crippen molar-refractivity contribution in [2.75, 3.05) is 43.1 Å². The second kappa shape index (κ2) is 7.55. The van der Waals surface area contributed by atoms with Gasteiger partial charge in [0.25, 0.3) is 0 Å². The largest absolute Gasteiger partial charge is 0.356 e. The summed E-state index contributed by atoms with van der Waals surface area (Å²) in [6, 6.07) is 8.48. The Labute approximate surface area is 152 Å². The molecule has 0 saturated carbocycles. The number of hydrogen-bond donors (Lipinski definition) is 1. The molecule has 1 spiro atoms. The molecule has 0 unspecified atom stereocenters. The Hall–Kier alpha value is -2.25. The zero-order chi connectivity index (χ0) is 17.8. The Morgan fingerprint density at radius 3 is 2.54 bits per heavy atom. The average Bonchev–Trinajstić information content (AvgIpc) is 3.12. The Morgan fingerprint density at radius 2 is 1.81 bits per heavy atom. The molecule has 1 N–H and O–H groups in total. The third-order valence-corrected chi connectivity index (χ3v) is 4.91. The van der Waals surface area contributed by atoms with E-state index in [0.29, 0.717) is 25.7 Å². The molecule has 0 radical (unpaired) electrons. The fourth-order valence-electron chi connectivity index (χ4n) is 3.44. The van der Waals surface area contributed by atoms with Gasteiger partial charge in [0.1, 0.15) is 11.6 Å². The quantitative estimate of drug-likeness (QED) is 0.887. The molecule has 26 heavy (non-hydrogen) atoms. The summed E-state index contributed by atoms with van der Waals surface area (Å²) in [7, 11) is 0. The summed E-state index contributed by atoms with van der Waals surface area (Å²) in [5.41, 5.74) is 1.08. The molecule has 2 aliphatic heterocycles. The third kappa shape index (κ3) is 3.94. The fourth-order valence-corrected chi connectivity index (χ4v) is 3.44. The summed E-state index contributed by atoms with van der Waals surface area (Å²) in [5.74, 6) is 0.935. The van der Waals surface area contributed by atoms with Crippen molar-refractivity contribution in [2.45, 2.75) is 25.0 Å². The van der Waals surface area contributed by atoms with E-state index < -0.39 is 0 Å². The molecule has 2 aliphatic rings. The molecule has 2 aromatic rings. The number of ether oxygens (including phenoxy) is 2. The monoisotopic (exact) mass is 358 g/mol. The number of hydrogen-bond acceptors (Lipinski definition) is 6. The van der Waals surface area contributed by atoms with Crippen LogP contribution in [0.1, 0.15) is 18.4 Å². The molecule has 2 fully saturated rings. The number of halogens is 1. The maximum atomic E-state index is 12.9. The van der Waals surface area contributed by atoms with E-state index in [2.05, 4.69) is 20.2 Å². The van der Waals surface area contributed by atoms with Gasteiger partial charge in [0.15, 0.2) is 5.79 Å². The first kappa shape index (κ1) is 17.2. The third-order valence-electron chi connectivity index (χ3n) is 4.91. The number of benzene rings is 1. The molecule has 2 saturated heterocycles. The molecule has 0 bridgehead atoms. The van der Waals surface area contributed by atoms with E-state index in [1.807, 2.05) is 6.07 Å². The Bertz CT molecular complexity index is 725. The molecule has 1 aromatic carbocycles. The van der Waals surface area contributed by atoms with Gasteiger partial charge >= 0.3 is 0 Å². The highest BCUT2D eigenvalue weighted by Gasteiger charge is 2.40. The van der Waals surface area contributed by atoms with Gasteiger partial charge in [-0.05, 0) is 30.2 Å². The fraction of sp³-hybridized carbons (Fsp3) is 0.474. The second-order valence-electron chi connectivity index (χ2n) is 6.64. The Morgan fingerprint density at radius 1 is 1.08 bits per heavy atom. The smallest absolute Gasteiger partial charge is 0.224 e. The zero-order valence-corrected chi connectivity index (χ0v) is 14.7. The minimum Gasteiger partial charge on any atom is -0.356 e. The predicted octanol–water partition coefficient (Wildman–Crippen LogP) is 2.61. The number of rotatable bonds is 5. The normalized spacial score (nSPS) is 19.0. The van der Waals surface area contributed by atoms with Crippen LogP contribution in [-0.4, -0.2) is 48.6 Å². The maximum Gasteiger partial charge on any atom is 0.224 e. The van der Waals surface area contributed by atoms with E-state index >= 15 is 0 Å². The van der Waals surface area contributed by atoms with Gasteiger partial charge in [-0.1, -0.05) is 12.1 Å². The summed E-state index contributed by atoms with van der Waals surface area (Å²) >= 11 is 0. The summed E-state index contributed by atoms with van der Waals surface area (Å²) in [6.45, 7) is 3.78. The molecule has 7 heteroatoms. The molecular weight excluding hydrogens is 335 g/mol. The summed E-state index contributed by atoms with van der Waals surface area (Å²) < 4.78 is 24.5. The zero-order valence-electron chi connectivity index (χ0n) is 14.7. The standard InChI is InChI=1S/C19H23FN4O2/c20-16-3-1-15(2-4-16)5-9-21-18-22-10-6-17(23-18)24-11-7-19(8-12-24)25-13-14-26-19/h1-4,6,10H,5,7-9,11-14H2,(H,21,22,23). The van der Waals surface area contributed by atoms with Gasteiger partial charge in [0.2, 0.25) is 5.95 Å². The van der Waals surface area contributed by atoms with Crippen molar-refractivity contribution in [1.82, 2.24) is 9.97 Å². The minimum absolute atomic E-state index is 0.213. The molecule has 0 atom stereocenters. The van der Waals surface area contributed by atoms with Crippen LogP contribution in [0.4, 0.5) is 16.2 Å². The summed E-state index contributed by atoms with van der Waals surface area (Å²) in [5, 5.41) is 3.24.